The van der Waals surface area contributed by atoms with E-state index >= 15 is 0 Å². The summed E-state index contributed by atoms with van der Waals surface area (Å²) in [5.41, 5.74) is 1.18. The first-order chi connectivity index (χ1) is 9.17. The second kappa shape index (κ2) is 8.81. The van der Waals surface area contributed by atoms with E-state index in [1.807, 2.05) is 18.2 Å². The summed E-state index contributed by atoms with van der Waals surface area (Å²) in [6.07, 6.45) is 3.58. The molecule has 19 heavy (non-hydrogen) atoms. The minimum Gasteiger partial charge on any atom is -0.493 e. The van der Waals surface area contributed by atoms with Gasteiger partial charge in [-0.15, -0.1) is 0 Å². The van der Waals surface area contributed by atoms with Crippen molar-refractivity contribution in [2.75, 3.05) is 20.2 Å². The van der Waals surface area contributed by atoms with Gasteiger partial charge in [0.2, 0.25) is 0 Å². The van der Waals surface area contributed by atoms with Crippen LogP contribution in [0.15, 0.2) is 18.2 Å². The summed E-state index contributed by atoms with van der Waals surface area (Å²) in [6, 6.07) is 6.04. The van der Waals surface area contributed by atoms with Crippen LogP contribution in [-0.2, 0) is 0 Å². The molecule has 1 unspecified atom stereocenters. The molecular formula is C16H27NO2. The Balaban J connectivity index is 2.37. The van der Waals surface area contributed by atoms with Crippen LogP contribution in [0.4, 0.5) is 0 Å². The fraction of sp³-hybridized carbons (Fsp3) is 0.625. The lowest BCUT2D eigenvalue weighted by molar-refractivity contribution is 0.198. The molecule has 0 radical (unpaired) electrons. The molecule has 0 aromatic heterocycles. The molecule has 1 N–H and O–H groups in total. The molecule has 1 aromatic rings. The van der Waals surface area contributed by atoms with Crippen molar-refractivity contribution in [2.45, 2.75) is 46.1 Å². The van der Waals surface area contributed by atoms with E-state index < -0.39 is 0 Å². The van der Waals surface area contributed by atoms with Gasteiger partial charge < -0.3 is 14.8 Å². The second-order valence-corrected chi connectivity index (χ2v) is 4.98. The van der Waals surface area contributed by atoms with Crippen molar-refractivity contribution in [3.63, 3.8) is 0 Å². The number of ether oxygens (including phenoxy) is 2. The Bertz CT molecular complexity index is 366. The SMILES string of the molecule is CCCNCCCC(C)Oc1ccc(C)cc1OC. The molecule has 1 aromatic carbocycles. The van der Waals surface area contributed by atoms with Crippen molar-refractivity contribution in [1.82, 2.24) is 5.32 Å². The Hall–Kier alpha value is -1.22. The lowest BCUT2D eigenvalue weighted by Gasteiger charge is -2.17. The summed E-state index contributed by atoms with van der Waals surface area (Å²) in [5, 5.41) is 3.40. The third-order valence-corrected chi connectivity index (χ3v) is 3.04. The van der Waals surface area contributed by atoms with Crippen LogP contribution < -0.4 is 14.8 Å². The molecule has 0 heterocycles. The van der Waals surface area contributed by atoms with Crippen LogP contribution in [-0.4, -0.2) is 26.3 Å². The molecule has 0 spiro atoms. The molecule has 0 fully saturated rings. The normalized spacial score (nSPS) is 12.2. The van der Waals surface area contributed by atoms with Crippen LogP contribution in [0, 0.1) is 6.92 Å². The highest BCUT2D eigenvalue weighted by Crippen LogP contribution is 2.29. The third kappa shape index (κ3) is 5.97. The van der Waals surface area contributed by atoms with Gasteiger partial charge in [-0.3, -0.25) is 0 Å². The van der Waals surface area contributed by atoms with Gasteiger partial charge in [0.05, 0.1) is 13.2 Å². The zero-order valence-electron chi connectivity index (χ0n) is 12.7. The van der Waals surface area contributed by atoms with Crippen molar-refractivity contribution in [3.8, 4) is 11.5 Å². The maximum absolute atomic E-state index is 5.95. The zero-order chi connectivity index (χ0) is 14.1. The zero-order valence-corrected chi connectivity index (χ0v) is 12.7. The second-order valence-electron chi connectivity index (χ2n) is 4.98. The number of aryl methyl sites for hydroxylation is 1. The lowest BCUT2D eigenvalue weighted by Crippen LogP contribution is -2.19. The van der Waals surface area contributed by atoms with Crippen molar-refractivity contribution in [3.05, 3.63) is 23.8 Å². The molecule has 0 aliphatic rings. The Morgan fingerprint density at radius 2 is 2.00 bits per heavy atom. The topological polar surface area (TPSA) is 30.5 Å². The number of benzene rings is 1. The van der Waals surface area contributed by atoms with Crippen LogP contribution >= 0.6 is 0 Å². The summed E-state index contributed by atoms with van der Waals surface area (Å²) < 4.78 is 11.3. The quantitative estimate of drug-likeness (QED) is 0.693. The molecule has 3 nitrogen and oxygen atoms in total. The molecule has 0 aliphatic carbocycles. The Morgan fingerprint density at radius 1 is 1.21 bits per heavy atom. The maximum Gasteiger partial charge on any atom is 0.161 e. The molecule has 108 valence electrons. The molecule has 1 rings (SSSR count). The third-order valence-electron chi connectivity index (χ3n) is 3.04. The molecule has 3 heteroatoms. The van der Waals surface area contributed by atoms with Gasteiger partial charge in [0.1, 0.15) is 0 Å². The summed E-state index contributed by atoms with van der Waals surface area (Å²) in [6.45, 7) is 8.50. The predicted octanol–water partition coefficient (Wildman–Crippen LogP) is 3.55. The number of rotatable bonds is 9. The first-order valence-corrected chi connectivity index (χ1v) is 7.19. The van der Waals surface area contributed by atoms with Gasteiger partial charge >= 0.3 is 0 Å². The fourth-order valence-electron chi connectivity index (χ4n) is 1.96. The predicted molar refractivity (Wildman–Crippen MR) is 80.2 cm³/mol. The Morgan fingerprint density at radius 3 is 2.68 bits per heavy atom. The van der Waals surface area contributed by atoms with Gasteiger partial charge in [-0.25, -0.2) is 0 Å². The first-order valence-electron chi connectivity index (χ1n) is 7.19. The average molecular weight is 265 g/mol. The smallest absolute Gasteiger partial charge is 0.161 e. The van der Waals surface area contributed by atoms with Crippen LogP contribution in [0.25, 0.3) is 0 Å². The summed E-state index contributed by atoms with van der Waals surface area (Å²) in [7, 11) is 1.68. The fourth-order valence-corrected chi connectivity index (χ4v) is 1.96. The molecule has 0 bridgehead atoms. The highest BCUT2D eigenvalue weighted by atomic mass is 16.5. The van der Waals surface area contributed by atoms with Gasteiger partial charge in [-0.1, -0.05) is 13.0 Å². The van der Waals surface area contributed by atoms with E-state index in [1.54, 1.807) is 7.11 Å². The van der Waals surface area contributed by atoms with E-state index in [1.165, 1.54) is 12.0 Å². The number of hydrogen-bond acceptors (Lipinski definition) is 3. The summed E-state index contributed by atoms with van der Waals surface area (Å²) >= 11 is 0. The Labute approximate surface area is 117 Å². The van der Waals surface area contributed by atoms with E-state index in [9.17, 15) is 0 Å². The first kappa shape index (κ1) is 15.8. The number of hydrogen-bond donors (Lipinski definition) is 1. The lowest BCUT2D eigenvalue weighted by atomic mass is 10.2. The van der Waals surface area contributed by atoms with Crippen molar-refractivity contribution >= 4 is 0 Å². The highest BCUT2D eigenvalue weighted by molar-refractivity contribution is 5.42. The van der Waals surface area contributed by atoms with E-state index in [0.29, 0.717) is 0 Å². The molecule has 1 atom stereocenters. The number of methoxy groups -OCH3 is 1. The maximum atomic E-state index is 5.95. The molecule has 0 amide bonds. The van der Waals surface area contributed by atoms with Gasteiger partial charge in [0.15, 0.2) is 11.5 Å². The molecule has 0 saturated carbocycles. The largest absolute Gasteiger partial charge is 0.493 e. The number of nitrogens with one attached hydrogen (secondary N) is 1. The van der Waals surface area contributed by atoms with E-state index in [4.69, 9.17) is 9.47 Å². The summed E-state index contributed by atoms with van der Waals surface area (Å²) in [5.74, 6) is 1.65. The van der Waals surface area contributed by atoms with Crippen LogP contribution in [0.5, 0.6) is 11.5 Å². The van der Waals surface area contributed by atoms with Gasteiger partial charge in [-0.2, -0.15) is 0 Å². The van der Waals surface area contributed by atoms with E-state index in [-0.39, 0.29) is 6.10 Å². The van der Waals surface area contributed by atoms with Gasteiger partial charge in [0, 0.05) is 0 Å². The molecule has 0 aliphatic heterocycles. The summed E-state index contributed by atoms with van der Waals surface area (Å²) in [4.78, 5) is 0. The minimum absolute atomic E-state index is 0.208. The van der Waals surface area contributed by atoms with Crippen LogP contribution in [0.2, 0.25) is 0 Å². The monoisotopic (exact) mass is 265 g/mol. The van der Waals surface area contributed by atoms with Gasteiger partial charge in [-0.05, 0) is 63.9 Å². The van der Waals surface area contributed by atoms with Crippen molar-refractivity contribution < 1.29 is 9.47 Å². The highest BCUT2D eigenvalue weighted by Gasteiger charge is 2.09. The molecule has 0 saturated heterocycles. The standard InChI is InChI=1S/C16H27NO2/c1-5-10-17-11-6-7-14(3)19-15-9-8-13(2)12-16(15)18-4/h8-9,12,14,17H,5-7,10-11H2,1-4H3. The molecular weight excluding hydrogens is 238 g/mol. The van der Waals surface area contributed by atoms with Crippen molar-refractivity contribution in [1.29, 1.82) is 0 Å². The van der Waals surface area contributed by atoms with Gasteiger partial charge in [0.25, 0.3) is 0 Å². The van der Waals surface area contributed by atoms with Crippen LogP contribution in [0.3, 0.4) is 0 Å². The minimum atomic E-state index is 0.208. The van der Waals surface area contributed by atoms with E-state index in [2.05, 4.69) is 26.1 Å². The Kier molecular flexibility index (Phi) is 7.34. The van der Waals surface area contributed by atoms with Crippen molar-refractivity contribution in [2.24, 2.45) is 0 Å². The average Bonchev–Trinajstić information content (AvgIpc) is 2.40. The van der Waals surface area contributed by atoms with Crippen LogP contribution in [0.1, 0.15) is 38.7 Å². The van der Waals surface area contributed by atoms with E-state index in [0.717, 1.165) is 37.4 Å².